The number of rotatable bonds is 5. The fourth-order valence-electron chi connectivity index (χ4n) is 3.07. The van der Waals surface area contributed by atoms with E-state index in [-0.39, 0.29) is 12.1 Å². The van der Waals surface area contributed by atoms with Crippen molar-refractivity contribution in [2.75, 3.05) is 27.4 Å². The zero-order valence-electron chi connectivity index (χ0n) is 13.6. The number of aliphatic hydroxyl groups is 1. The first-order valence-corrected chi connectivity index (χ1v) is 7.90. The molecule has 1 aromatic heterocycles. The third-order valence-corrected chi connectivity index (χ3v) is 4.46. The third-order valence-electron chi connectivity index (χ3n) is 4.46. The van der Waals surface area contributed by atoms with E-state index in [9.17, 15) is 5.11 Å². The first kappa shape index (κ1) is 16.2. The average Bonchev–Trinajstić information content (AvgIpc) is 3.10. The maximum atomic E-state index is 10.4. The van der Waals surface area contributed by atoms with Gasteiger partial charge in [0, 0.05) is 31.7 Å². The summed E-state index contributed by atoms with van der Waals surface area (Å²) in [7, 11) is 3.62. The van der Waals surface area contributed by atoms with E-state index in [0.717, 1.165) is 12.2 Å². The van der Waals surface area contributed by atoms with Crippen LogP contribution in [0.15, 0.2) is 48.8 Å². The Labute approximate surface area is 137 Å². The van der Waals surface area contributed by atoms with E-state index >= 15 is 0 Å². The SMILES string of the molecule is CO[C@@H]1COC[C@@H](N(C)Cc2cccc(-n3cccc3)c2)[C@@H]1O. The number of aromatic nitrogens is 1. The van der Waals surface area contributed by atoms with Crippen LogP contribution in [0, 0.1) is 0 Å². The molecule has 0 unspecified atom stereocenters. The Morgan fingerprint density at radius 2 is 2.04 bits per heavy atom. The summed E-state index contributed by atoms with van der Waals surface area (Å²) in [6.45, 7) is 1.72. The molecule has 1 aromatic carbocycles. The fourth-order valence-corrected chi connectivity index (χ4v) is 3.07. The minimum Gasteiger partial charge on any atom is -0.389 e. The van der Waals surface area contributed by atoms with Gasteiger partial charge in [0.25, 0.3) is 0 Å². The van der Waals surface area contributed by atoms with Gasteiger partial charge >= 0.3 is 0 Å². The van der Waals surface area contributed by atoms with E-state index < -0.39 is 6.10 Å². The number of likely N-dealkylation sites (N-methyl/N-ethyl adjacent to an activating group) is 1. The van der Waals surface area contributed by atoms with E-state index in [0.29, 0.717) is 13.2 Å². The van der Waals surface area contributed by atoms with Crippen LogP contribution in [0.25, 0.3) is 5.69 Å². The molecule has 2 heterocycles. The second kappa shape index (κ2) is 7.27. The van der Waals surface area contributed by atoms with Crippen molar-refractivity contribution in [3.8, 4) is 5.69 Å². The third kappa shape index (κ3) is 3.64. The number of hydrogen-bond acceptors (Lipinski definition) is 4. The molecule has 1 saturated heterocycles. The Morgan fingerprint density at radius 1 is 1.26 bits per heavy atom. The maximum absolute atomic E-state index is 10.4. The van der Waals surface area contributed by atoms with Crippen LogP contribution in [0.3, 0.4) is 0 Å². The highest BCUT2D eigenvalue weighted by molar-refractivity contribution is 5.36. The zero-order chi connectivity index (χ0) is 16.2. The van der Waals surface area contributed by atoms with E-state index in [1.165, 1.54) is 5.56 Å². The summed E-state index contributed by atoms with van der Waals surface area (Å²) in [4.78, 5) is 2.13. The summed E-state index contributed by atoms with van der Waals surface area (Å²) in [5, 5.41) is 10.4. The first-order chi connectivity index (χ1) is 11.2. The molecule has 5 heteroatoms. The molecule has 1 aliphatic heterocycles. The fraction of sp³-hybridized carbons (Fsp3) is 0.444. The second-order valence-electron chi connectivity index (χ2n) is 6.04. The average molecular weight is 316 g/mol. The lowest BCUT2D eigenvalue weighted by atomic mass is 10.0. The van der Waals surface area contributed by atoms with Crippen LogP contribution in [0.5, 0.6) is 0 Å². The molecule has 3 atom stereocenters. The van der Waals surface area contributed by atoms with Crippen molar-refractivity contribution in [3.63, 3.8) is 0 Å². The largest absolute Gasteiger partial charge is 0.389 e. The number of benzene rings is 1. The molecule has 0 bridgehead atoms. The van der Waals surface area contributed by atoms with Gasteiger partial charge in [0.15, 0.2) is 0 Å². The monoisotopic (exact) mass is 316 g/mol. The van der Waals surface area contributed by atoms with Crippen molar-refractivity contribution in [1.82, 2.24) is 9.47 Å². The first-order valence-electron chi connectivity index (χ1n) is 7.90. The lowest BCUT2D eigenvalue weighted by Gasteiger charge is -2.39. The Balaban J connectivity index is 1.70. The van der Waals surface area contributed by atoms with Gasteiger partial charge in [-0.05, 0) is 36.9 Å². The minimum absolute atomic E-state index is 0.0658. The van der Waals surface area contributed by atoms with Crippen LogP contribution in [0.1, 0.15) is 5.56 Å². The molecule has 1 aliphatic rings. The zero-order valence-corrected chi connectivity index (χ0v) is 13.6. The van der Waals surface area contributed by atoms with E-state index in [1.807, 2.05) is 31.6 Å². The van der Waals surface area contributed by atoms with E-state index in [1.54, 1.807) is 7.11 Å². The molecule has 0 saturated carbocycles. The Kier molecular flexibility index (Phi) is 5.13. The topological polar surface area (TPSA) is 46.9 Å². The van der Waals surface area contributed by atoms with Gasteiger partial charge in [-0.1, -0.05) is 12.1 Å². The summed E-state index contributed by atoms with van der Waals surface area (Å²) < 4.78 is 13.0. The van der Waals surface area contributed by atoms with Gasteiger partial charge in [0.05, 0.1) is 19.3 Å². The van der Waals surface area contributed by atoms with Crippen LogP contribution in [0.2, 0.25) is 0 Å². The highest BCUT2D eigenvalue weighted by Gasteiger charge is 2.35. The molecule has 0 radical (unpaired) electrons. The Bertz CT molecular complexity index is 614. The van der Waals surface area contributed by atoms with Gasteiger partial charge in [-0.3, -0.25) is 4.90 Å². The van der Waals surface area contributed by atoms with Crippen LogP contribution >= 0.6 is 0 Å². The van der Waals surface area contributed by atoms with Gasteiger partial charge in [-0.15, -0.1) is 0 Å². The van der Waals surface area contributed by atoms with Crippen molar-refractivity contribution in [3.05, 3.63) is 54.4 Å². The van der Waals surface area contributed by atoms with Crippen molar-refractivity contribution in [2.24, 2.45) is 0 Å². The van der Waals surface area contributed by atoms with E-state index in [2.05, 4.69) is 33.7 Å². The van der Waals surface area contributed by atoms with Gasteiger partial charge in [-0.25, -0.2) is 0 Å². The molecule has 5 nitrogen and oxygen atoms in total. The molecular weight excluding hydrogens is 292 g/mol. The van der Waals surface area contributed by atoms with Gasteiger partial charge in [0.2, 0.25) is 0 Å². The lowest BCUT2D eigenvalue weighted by Crippen LogP contribution is -2.55. The molecule has 1 N–H and O–H groups in total. The molecule has 0 aliphatic carbocycles. The molecule has 0 amide bonds. The Morgan fingerprint density at radius 3 is 2.78 bits per heavy atom. The molecule has 124 valence electrons. The number of ether oxygens (including phenoxy) is 2. The number of nitrogens with zero attached hydrogens (tertiary/aromatic N) is 2. The quantitative estimate of drug-likeness (QED) is 0.912. The number of methoxy groups -OCH3 is 1. The molecule has 23 heavy (non-hydrogen) atoms. The van der Waals surface area contributed by atoms with Crippen molar-refractivity contribution in [1.29, 1.82) is 0 Å². The molecular formula is C18H24N2O3. The Hall–Kier alpha value is -1.66. The number of hydrogen-bond donors (Lipinski definition) is 1. The standard InChI is InChI=1S/C18H24N2O3/c1-19(16-12-23-13-17(22-2)18(16)21)11-14-6-5-7-15(10-14)20-8-3-4-9-20/h3-10,16-18,21H,11-13H2,1-2H3/t16-,17-,18+/m1/s1. The predicted molar refractivity (Wildman–Crippen MR) is 88.6 cm³/mol. The predicted octanol–water partition coefficient (Wildman–Crippen LogP) is 1.68. The molecule has 3 rings (SSSR count). The summed E-state index contributed by atoms with van der Waals surface area (Å²) in [5.74, 6) is 0. The van der Waals surface area contributed by atoms with Crippen LogP contribution in [0.4, 0.5) is 0 Å². The number of aliphatic hydroxyl groups excluding tert-OH is 1. The van der Waals surface area contributed by atoms with Crippen LogP contribution in [-0.2, 0) is 16.0 Å². The van der Waals surface area contributed by atoms with Gasteiger partial charge in [0.1, 0.15) is 12.2 Å². The van der Waals surface area contributed by atoms with E-state index in [4.69, 9.17) is 9.47 Å². The minimum atomic E-state index is -0.536. The van der Waals surface area contributed by atoms with Crippen molar-refractivity contribution in [2.45, 2.75) is 24.8 Å². The highest BCUT2D eigenvalue weighted by Crippen LogP contribution is 2.19. The van der Waals surface area contributed by atoms with Gasteiger partial charge < -0.3 is 19.1 Å². The van der Waals surface area contributed by atoms with Crippen LogP contribution < -0.4 is 0 Å². The smallest absolute Gasteiger partial charge is 0.108 e. The highest BCUT2D eigenvalue weighted by atomic mass is 16.5. The summed E-state index contributed by atoms with van der Waals surface area (Å²) in [6, 6.07) is 12.4. The normalized spacial score (nSPS) is 25.0. The summed E-state index contributed by atoms with van der Waals surface area (Å²) in [5.41, 5.74) is 2.33. The lowest BCUT2D eigenvalue weighted by molar-refractivity contribution is -0.142. The van der Waals surface area contributed by atoms with Crippen molar-refractivity contribution < 1.29 is 14.6 Å². The maximum Gasteiger partial charge on any atom is 0.108 e. The van der Waals surface area contributed by atoms with Crippen molar-refractivity contribution >= 4 is 0 Å². The molecule has 1 fully saturated rings. The van der Waals surface area contributed by atoms with Gasteiger partial charge in [-0.2, -0.15) is 0 Å². The molecule has 2 aromatic rings. The molecule has 0 spiro atoms. The summed E-state index contributed by atoms with van der Waals surface area (Å²) in [6.07, 6.45) is 3.27. The van der Waals surface area contributed by atoms with Crippen LogP contribution in [-0.4, -0.2) is 60.2 Å². The second-order valence-corrected chi connectivity index (χ2v) is 6.04. The summed E-state index contributed by atoms with van der Waals surface area (Å²) >= 11 is 0.